The first-order valence-corrected chi connectivity index (χ1v) is 5.61. The summed E-state index contributed by atoms with van der Waals surface area (Å²) in [6, 6.07) is 6.80. The fourth-order valence-electron chi connectivity index (χ4n) is 1.31. The van der Waals surface area contributed by atoms with Crippen LogP contribution in [0, 0.1) is 0 Å². The van der Waals surface area contributed by atoms with Crippen LogP contribution in [-0.2, 0) is 4.74 Å². The van der Waals surface area contributed by atoms with Gasteiger partial charge in [0.1, 0.15) is 0 Å². The maximum Gasteiger partial charge on any atom is 0.404 e. The molecule has 3 N–H and O–H groups in total. The molecule has 1 rings (SSSR count). The van der Waals surface area contributed by atoms with E-state index < -0.39 is 6.09 Å². The number of carboxylic acid groups (broad SMARTS) is 1. The Morgan fingerprint density at radius 1 is 1.22 bits per heavy atom. The van der Waals surface area contributed by atoms with Crippen molar-refractivity contribution in [1.82, 2.24) is 5.32 Å². The molecule has 6 heteroatoms. The Morgan fingerprint density at radius 2 is 1.89 bits per heavy atom. The monoisotopic (exact) mass is 252 g/mol. The van der Waals surface area contributed by atoms with E-state index in [1.54, 1.807) is 31.2 Å². The zero-order valence-corrected chi connectivity index (χ0v) is 10.1. The van der Waals surface area contributed by atoms with Crippen LogP contribution < -0.4 is 10.6 Å². The number of benzene rings is 1. The third kappa shape index (κ3) is 4.73. The minimum absolute atomic E-state index is 0.314. The molecule has 0 spiro atoms. The largest absolute Gasteiger partial charge is 0.465 e. The van der Waals surface area contributed by atoms with E-state index in [1.165, 1.54) is 0 Å². The fourth-order valence-corrected chi connectivity index (χ4v) is 1.31. The Balaban J connectivity index is 2.40. The highest BCUT2D eigenvalue weighted by Crippen LogP contribution is 2.10. The van der Waals surface area contributed by atoms with Crippen molar-refractivity contribution in [2.75, 3.05) is 25.0 Å². The zero-order chi connectivity index (χ0) is 13.4. The number of rotatable bonds is 6. The van der Waals surface area contributed by atoms with Gasteiger partial charge in [-0.3, -0.25) is 0 Å². The van der Waals surface area contributed by atoms with Crippen molar-refractivity contribution in [2.24, 2.45) is 0 Å². The summed E-state index contributed by atoms with van der Waals surface area (Å²) in [6.07, 6.45) is -1.05. The van der Waals surface area contributed by atoms with Gasteiger partial charge in [0.2, 0.25) is 0 Å². The standard InChI is InChI=1S/C12H16N2O4/c1-2-18-11(15)9-3-5-10(6-4-9)13-7-8-14-12(16)17/h3-6,13-14H,2,7-8H2,1H3,(H,16,17). The van der Waals surface area contributed by atoms with Crippen molar-refractivity contribution >= 4 is 17.7 Å². The Labute approximate surface area is 105 Å². The van der Waals surface area contributed by atoms with Gasteiger partial charge >= 0.3 is 12.1 Å². The second-order valence-corrected chi connectivity index (χ2v) is 3.46. The number of carbonyl (C=O) groups is 2. The lowest BCUT2D eigenvalue weighted by Crippen LogP contribution is -2.26. The second kappa shape index (κ2) is 7.16. The zero-order valence-electron chi connectivity index (χ0n) is 10.1. The molecule has 0 aliphatic carbocycles. The lowest BCUT2D eigenvalue weighted by Gasteiger charge is -2.07. The number of esters is 1. The summed E-state index contributed by atoms with van der Waals surface area (Å²) in [4.78, 5) is 21.6. The van der Waals surface area contributed by atoms with E-state index >= 15 is 0 Å². The molecule has 0 fully saturated rings. The van der Waals surface area contributed by atoms with Crippen molar-refractivity contribution in [3.05, 3.63) is 29.8 Å². The highest BCUT2D eigenvalue weighted by Gasteiger charge is 2.05. The Hall–Kier alpha value is -2.24. The van der Waals surface area contributed by atoms with Gasteiger partial charge in [0.25, 0.3) is 0 Å². The predicted octanol–water partition coefficient (Wildman–Crippen LogP) is 1.54. The Kier molecular flexibility index (Phi) is 5.50. The molecule has 18 heavy (non-hydrogen) atoms. The summed E-state index contributed by atoms with van der Waals surface area (Å²) in [6.45, 7) is 2.89. The van der Waals surface area contributed by atoms with Gasteiger partial charge in [0.05, 0.1) is 12.2 Å². The molecule has 0 atom stereocenters. The highest BCUT2D eigenvalue weighted by molar-refractivity contribution is 5.89. The molecule has 0 bridgehead atoms. The highest BCUT2D eigenvalue weighted by atomic mass is 16.5. The maximum absolute atomic E-state index is 11.4. The lowest BCUT2D eigenvalue weighted by molar-refractivity contribution is 0.0526. The lowest BCUT2D eigenvalue weighted by atomic mass is 10.2. The van der Waals surface area contributed by atoms with Crippen LogP contribution >= 0.6 is 0 Å². The molecule has 1 amide bonds. The van der Waals surface area contributed by atoms with Crippen LogP contribution in [0.1, 0.15) is 17.3 Å². The van der Waals surface area contributed by atoms with Gasteiger partial charge in [-0.05, 0) is 31.2 Å². The topological polar surface area (TPSA) is 87.7 Å². The van der Waals surface area contributed by atoms with Gasteiger partial charge < -0.3 is 20.5 Å². The summed E-state index contributed by atoms with van der Waals surface area (Å²) in [5.41, 5.74) is 1.31. The molecule has 1 aromatic carbocycles. The number of anilines is 1. The van der Waals surface area contributed by atoms with Gasteiger partial charge in [0.15, 0.2) is 0 Å². The van der Waals surface area contributed by atoms with E-state index in [-0.39, 0.29) is 5.97 Å². The number of hydrogen-bond donors (Lipinski definition) is 3. The molecule has 6 nitrogen and oxygen atoms in total. The number of amides is 1. The normalized spacial score (nSPS) is 9.61. The minimum Gasteiger partial charge on any atom is -0.465 e. The van der Waals surface area contributed by atoms with Gasteiger partial charge in [-0.2, -0.15) is 0 Å². The summed E-state index contributed by atoms with van der Waals surface area (Å²) in [7, 11) is 0. The third-order valence-corrected chi connectivity index (χ3v) is 2.13. The predicted molar refractivity (Wildman–Crippen MR) is 66.9 cm³/mol. The molecular weight excluding hydrogens is 236 g/mol. The van der Waals surface area contributed by atoms with Crippen LogP contribution in [0.15, 0.2) is 24.3 Å². The average Bonchev–Trinajstić information content (AvgIpc) is 2.35. The SMILES string of the molecule is CCOC(=O)c1ccc(NCCNC(=O)O)cc1. The molecule has 0 unspecified atom stereocenters. The second-order valence-electron chi connectivity index (χ2n) is 3.46. The number of ether oxygens (including phenoxy) is 1. The van der Waals surface area contributed by atoms with Gasteiger partial charge in [-0.15, -0.1) is 0 Å². The van der Waals surface area contributed by atoms with Gasteiger partial charge in [0, 0.05) is 18.8 Å². The number of hydrogen-bond acceptors (Lipinski definition) is 4. The van der Waals surface area contributed by atoms with E-state index in [0.717, 1.165) is 5.69 Å². The molecule has 0 saturated carbocycles. The van der Waals surface area contributed by atoms with Crippen LogP contribution in [0.2, 0.25) is 0 Å². The number of nitrogens with one attached hydrogen (secondary N) is 2. The molecule has 0 radical (unpaired) electrons. The van der Waals surface area contributed by atoms with E-state index in [1.807, 2.05) is 0 Å². The van der Waals surface area contributed by atoms with Crippen molar-refractivity contribution in [3.8, 4) is 0 Å². The quantitative estimate of drug-likeness (QED) is 0.528. The summed E-state index contributed by atoms with van der Waals surface area (Å²) in [5, 5.41) is 13.6. The molecule has 98 valence electrons. The molecule has 0 saturated heterocycles. The van der Waals surface area contributed by atoms with E-state index in [0.29, 0.717) is 25.3 Å². The summed E-state index contributed by atoms with van der Waals surface area (Å²) < 4.78 is 4.86. The van der Waals surface area contributed by atoms with Gasteiger partial charge in [-0.1, -0.05) is 0 Å². The van der Waals surface area contributed by atoms with E-state index in [2.05, 4.69) is 10.6 Å². The first-order chi connectivity index (χ1) is 8.63. The van der Waals surface area contributed by atoms with Crippen molar-refractivity contribution in [2.45, 2.75) is 6.92 Å². The van der Waals surface area contributed by atoms with E-state index in [4.69, 9.17) is 9.84 Å². The number of carbonyl (C=O) groups excluding carboxylic acids is 1. The molecule has 0 aliphatic rings. The maximum atomic E-state index is 11.4. The van der Waals surface area contributed by atoms with E-state index in [9.17, 15) is 9.59 Å². The van der Waals surface area contributed by atoms with Crippen LogP contribution in [-0.4, -0.2) is 36.9 Å². The molecule has 0 aromatic heterocycles. The first-order valence-electron chi connectivity index (χ1n) is 5.61. The van der Waals surface area contributed by atoms with Crippen molar-refractivity contribution < 1.29 is 19.4 Å². The van der Waals surface area contributed by atoms with Crippen LogP contribution in [0.5, 0.6) is 0 Å². The van der Waals surface area contributed by atoms with Crippen LogP contribution in [0.3, 0.4) is 0 Å². The van der Waals surface area contributed by atoms with Gasteiger partial charge in [-0.25, -0.2) is 9.59 Å². The van der Waals surface area contributed by atoms with Crippen LogP contribution in [0.25, 0.3) is 0 Å². The molecule has 1 aromatic rings. The summed E-state index contributed by atoms with van der Waals surface area (Å²) in [5.74, 6) is -0.350. The Morgan fingerprint density at radius 3 is 2.44 bits per heavy atom. The fraction of sp³-hybridized carbons (Fsp3) is 0.333. The van der Waals surface area contributed by atoms with Crippen molar-refractivity contribution in [3.63, 3.8) is 0 Å². The first kappa shape index (κ1) is 13.8. The molecule has 0 heterocycles. The molecule has 0 aliphatic heterocycles. The Bertz CT molecular complexity index is 403. The molecular formula is C12H16N2O4. The smallest absolute Gasteiger partial charge is 0.404 e. The van der Waals surface area contributed by atoms with Crippen LogP contribution in [0.4, 0.5) is 10.5 Å². The third-order valence-electron chi connectivity index (χ3n) is 2.13. The van der Waals surface area contributed by atoms with Crippen molar-refractivity contribution in [1.29, 1.82) is 0 Å². The summed E-state index contributed by atoms with van der Waals surface area (Å²) >= 11 is 0. The average molecular weight is 252 g/mol. The minimum atomic E-state index is -1.05.